The van der Waals surface area contributed by atoms with Crippen molar-refractivity contribution >= 4 is 11.8 Å². The Morgan fingerprint density at radius 1 is 1.43 bits per heavy atom. The lowest BCUT2D eigenvalue weighted by atomic mass is 10.1. The molecule has 0 saturated carbocycles. The maximum Gasteiger partial charge on any atom is 0.222 e. The fraction of sp³-hybridized carbons (Fsp3) is 0.500. The first kappa shape index (κ1) is 13.8. The second-order valence-electron chi connectivity index (χ2n) is 5.57. The second kappa shape index (κ2) is 5.69. The smallest absolute Gasteiger partial charge is 0.222 e. The zero-order chi connectivity index (χ0) is 14.8. The van der Waals surface area contributed by atoms with Gasteiger partial charge < -0.3 is 16.4 Å². The number of nitrogen functional groups attached to an aromatic ring is 1. The first-order valence-corrected chi connectivity index (χ1v) is 7.25. The molecule has 0 spiro atoms. The molecule has 3 heterocycles. The Balaban J connectivity index is 1.76. The molecule has 2 aromatic rings. The monoisotopic (exact) mass is 287 g/mol. The third kappa shape index (κ3) is 3.13. The average Bonchev–Trinajstić information content (AvgIpc) is 2.83. The third-order valence-corrected chi connectivity index (χ3v) is 3.61. The van der Waals surface area contributed by atoms with Crippen molar-refractivity contribution in [3.63, 3.8) is 0 Å². The Hall–Kier alpha value is -2.15. The lowest BCUT2D eigenvalue weighted by molar-refractivity contribution is 0.623. The number of H-pyrrole nitrogens is 1. The number of aromatic nitrogens is 4. The number of hydrogen-bond donors (Lipinski definition) is 4. The molecule has 1 aliphatic rings. The van der Waals surface area contributed by atoms with E-state index in [0.717, 1.165) is 48.8 Å². The van der Waals surface area contributed by atoms with E-state index < -0.39 is 0 Å². The predicted molar refractivity (Wildman–Crippen MR) is 82.0 cm³/mol. The van der Waals surface area contributed by atoms with Crippen LogP contribution >= 0.6 is 0 Å². The van der Waals surface area contributed by atoms with E-state index in [0.29, 0.717) is 5.95 Å². The van der Waals surface area contributed by atoms with E-state index in [2.05, 4.69) is 43.8 Å². The van der Waals surface area contributed by atoms with Gasteiger partial charge in [-0.25, -0.2) is 4.98 Å². The Labute approximate surface area is 123 Å². The molecule has 0 fully saturated rings. The topological polar surface area (TPSA) is 105 Å². The van der Waals surface area contributed by atoms with Crippen molar-refractivity contribution in [1.82, 2.24) is 25.5 Å². The normalized spacial score (nSPS) is 15.5. The summed E-state index contributed by atoms with van der Waals surface area (Å²) in [6.07, 6.45) is 1.76. The van der Waals surface area contributed by atoms with Crippen LogP contribution in [0.5, 0.6) is 0 Å². The quantitative estimate of drug-likeness (QED) is 0.662. The highest BCUT2D eigenvalue weighted by Crippen LogP contribution is 2.22. The largest absolute Gasteiger partial charge is 0.368 e. The summed E-state index contributed by atoms with van der Waals surface area (Å²) in [5, 5.41) is 14.0. The summed E-state index contributed by atoms with van der Waals surface area (Å²) in [5.74, 6) is 1.18. The van der Waals surface area contributed by atoms with Gasteiger partial charge in [0.25, 0.3) is 0 Å². The molecule has 0 saturated heterocycles. The first-order chi connectivity index (χ1) is 10.1. The minimum absolute atomic E-state index is 0.223. The summed E-state index contributed by atoms with van der Waals surface area (Å²) in [6, 6.07) is 2.28. The molecular formula is C14H21N7. The Kier molecular flexibility index (Phi) is 3.74. The number of nitrogens with zero attached hydrogens (tertiary/aromatic N) is 3. The highest BCUT2D eigenvalue weighted by Gasteiger charge is 2.18. The van der Waals surface area contributed by atoms with Crippen LogP contribution in [0.1, 0.15) is 29.6 Å². The van der Waals surface area contributed by atoms with Gasteiger partial charge in [-0.15, -0.1) is 0 Å². The molecular weight excluding hydrogens is 266 g/mol. The summed E-state index contributed by atoms with van der Waals surface area (Å²) < 4.78 is 0. The first-order valence-electron chi connectivity index (χ1n) is 7.25. The van der Waals surface area contributed by atoms with Gasteiger partial charge in [-0.1, -0.05) is 0 Å². The maximum absolute atomic E-state index is 5.81. The Bertz CT molecular complexity index is 634. The highest BCUT2D eigenvalue weighted by molar-refractivity contribution is 5.51. The third-order valence-electron chi connectivity index (χ3n) is 3.61. The van der Waals surface area contributed by atoms with Crippen LogP contribution in [0.3, 0.4) is 0 Å². The van der Waals surface area contributed by atoms with E-state index in [4.69, 9.17) is 5.73 Å². The van der Waals surface area contributed by atoms with E-state index in [-0.39, 0.29) is 6.04 Å². The molecule has 21 heavy (non-hydrogen) atoms. The Morgan fingerprint density at radius 2 is 2.29 bits per heavy atom. The van der Waals surface area contributed by atoms with Crippen LogP contribution in [-0.2, 0) is 19.4 Å². The number of nitrogens with one attached hydrogen (secondary N) is 3. The average molecular weight is 287 g/mol. The van der Waals surface area contributed by atoms with Gasteiger partial charge in [0.1, 0.15) is 5.82 Å². The lowest BCUT2D eigenvalue weighted by Gasteiger charge is -2.22. The van der Waals surface area contributed by atoms with Crippen molar-refractivity contribution in [3.05, 3.63) is 28.7 Å². The number of aromatic amines is 1. The van der Waals surface area contributed by atoms with Crippen LogP contribution in [0, 0.1) is 6.92 Å². The number of anilines is 2. The summed E-state index contributed by atoms with van der Waals surface area (Å²) in [4.78, 5) is 8.69. The van der Waals surface area contributed by atoms with Crippen LogP contribution < -0.4 is 16.4 Å². The molecule has 2 aromatic heterocycles. The van der Waals surface area contributed by atoms with Crippen LogP contribution in [0.2, 0.25) is 0 Å². The molecule has 112 valence electrons. The molecule has 7 nitrogen and oxygen atoms in total. The van der Waals surface area contributed by atoms with E-state index in [9.17, 15) is 0 Å². The summed E-state index contributed by atoms with van der Waals surface area (Å²) in [5.41, 5.74) is 10.1. The standard InChI is InChI=1S/C14H21N7/c1-8(5-10-6-9(2)20-21-10)17-13-11-3-4-16-7-12(11)18-14(15)19-13/h6,8,16H,3-5,7H2,1-2H3,(H,20,21)(H3,15,17,18,19)/t8-/m0/s1. The summed E-state index contributed by atoms with van der Waals surface area (Å²) in [6.45, 7) is 5.82. The molecule has 5 N–H and O–H groups in total. The van der Waals surface area contributed by atoms with Gasteiger partial charge in [-0.05, 0) is 32.9 Å². The fourth-order valence-electron chi connectivity index (χ4n) is 2.68. The SMILES string of the molecule is Cc1cc(C[C@H](C)Nc2nc(N)nc3c2CCNC3)n[nH]1. The molecule has 1 atom stereocenters. The van der Waals surface area contributed by atoms with E-state index in [1.807, 2.05) is 6.92 Å². The van der Waals surface area contributed by atoms with Crippen LogP contribution in [0.4, 0.5) is 11.8 Å². The van der Waals surface area contributed by atoms with Crippen molar-refractivity contribution in [3.8, 4) is 0 Å². The molecule has 0 bridgehead atoms. The molecule has 0 radical (unpaired) electrons. The number of rotatable bonds is 4. The van der Waals surface area contributed by atoms with Gasteiger partial charge in [-0.2, -0.15) is 10.1 Å². The molecule has 0 unspecified atom stereocenters. The highest BCUT2D eigenvalue weighted by atomic mass is 15.1. The minimum atomic E-state index is 0.223. The minimum Gasteiger partial charge on any atom is -0.368 e. The zero-order valence-corrected chi connectivity index (χ0v) is 12.4. The van der Waals surface area contributed by atoms with Crippen molar-refractivity contribution < 1.29 is 0 Å². The van der Waals surface area contributed by atoms with Crippen molar-refractivity contribution in [1.29, 1.82) is 0 Å². The number of aryl methyl sites for hydroxylation is 1. The number of hydrogen-bond acceptors (Lipinski definition) is 6. The molecule has 1 aliphatic heterocycles. The van der Waals surface area contributed by atoms with Crippen LogP contribution in [0.25, 0.3) is 0 Å². The van der Waals surface area contributed by atoms with Gasteiger partial charge >= 0.3 is 0 Å². The predicted octanol–water partition coefficient (Wildman–Crippen LogP) is 0.779. The van der Waals surface area contributed by atoms with Crippen LogP contribution in [-0.4, -0.2) is 32.8 Å². The number of nitrogens with two attached hydrogens (primary N) is 1. The maximum atomic E-state index is 5.81. The lowest BCUT2D eigenvalue weighted by Crippen LogP contribution is -2.28. The van der Waals surface area contributed by atoms with Gasteiger partial charge in [0.15, 0.2) is 0 Å². The van der Waals surface area contributed by atoms with Crippen molar-refractivity contribution in [2.45, 2.75) is 39.3 Å². The van der Waals surface area contributed by atoms with E-state index in [1.54, 1.807) is 0 Å². The van der Waals surface area contributed by atoms with Crippen LogP contribution in [0.15, 0.2) is 6.07 Å². The fourth-order valence-corrected chi connectivity index (χ4v) is 2.68. The molecule has 7 heteroatoms. The summed E-state index contributed by atoms with van der Waals surface area (Å²) in [7, 11) is 0. The van der Waals surface area contributed by atoms with E-state index >= 15 is 0 Å². The molecule has 0 aliphatic carbocycles. The number of fused-ring (bicyclic) bond motifs is 1. The van der Waals surface area contributed by atoms with Gasteiger partial charge in [0, 0.05) is 30.3 Å². The van der Waals surface area contributed by atoms with Gasteiger partial charge in [0.2, 0.25) is 5.95 Å². The summed E-state index contributed by atoms with van der Waals surface area (Å²) >= 11 is 0. The molecule has 0 amide bonds. The van der Waals surface area contributed by atoms with Crippen molar-refractivity contribution in [2.24, 2.45) is 0 Å². The van der Waals surface area contributed by atoms with E-state index in [1.165, 1.54) is 5.56 Å². The van der Waals surface area contributed by atoms with Crippen molar-refractivity contribution in [2.75, 3.05) is 17.6 Å². The molecule has 0 aromatic carbocycles. The Morgan fingerprint density at radius 3 is 3.05 bits per heavy atom. The molecule has 3 rings (SSSR count). The zero-order valence-electron chi connectivity index (χ0n) is 12.4. The van der Waals surface area contributed by atoms with Gasteiger partial charge in [-0.3, -0.25) is 5.10 Å². The second-order valence-corrected chi connectivity index (χ2v) is 5.57. The van der Waals surface area contributed by atoms with Gasteiger partial charge in [0.05, 0.1) is 11.4 Å².